The predicted octanol–water partition coefficient (Wildman–Crippen LogP) is 2.48. The lowest BCUT2D eigenvalue weighted by Gasteiger charge is -2.20. The molecule has 0 aliphatic carbocycles. The van der Waals surface area contributed by atoms with E-state index in [2.05, 4.69) is 5.32 Å². The van der Waals surface area contributed by atoms with Gasteiger partial charge in [-0.3, -0.25) is 4.79 Å². The zero-order valence-electron chi connectivity index (χ0n) is 10.1. The molecule has 106 valence electrons. The maximum Gasteiger partial charge on any atom is 0.256 e. The summed E-state index contributed by atoms with van der Waals surface area (Å²) < 4.78 is 26.9. The molecule has 1 amide bonds. The van der Waals surface area contributed by atoms with Crippen LogP contribution < -0.4 is 5.32 Å². The fourth-order valence-corrected chi connectivity index (χ4v) is 2.06. The Bertz CT molecular complexity index is 463. The average Bonchev–Trinajstić information content (AvgIpc) is 2.61. The summed E-state index contributed by atoms with van der Waals surface area (Å²) in [6.45, 7) is 2.50. The maximum absolute atomic E-state index is 13.6. The van der Waals surface area contributed by atoms with Crippen molar-refractivity contribution in [2.24, 2.45) is 0 Å². The van der Waals surface area contributed by atoms with Crippen LogP contribution in [0.4, 0.5) is 8.78 Å². The fraction of sp³-hybridized carbons (Fsp3) is 0.417. The number of nitrogens with one attached hydrogen (secondary N) is 1. The van der Waals surface area contributed by atoms with Crippen LogP contribution in [0, 0.1) is 11.6 Å². The molecule has 0 unspecified atom stereocenters. The molecule has 19 heavy (non-hydrogen) atoms. The van der Waals surface area contributed by atoms with E-state index in [1.165, 1.54) is 4.90 Å². The fourth-order valence-electron chi connectivity index (χ4n) is 1.91. The second kappa shape index (κ2) is 7.03. The third-order valence-electron chi connectivity index (χ3n) is 2.87. The Kier molecular flexibility index (Phi) is 5.97. The second-order valence-electron chi connectivity index (χ2n) is 4.14. The molecule has 0 spiro atoms. The zero-order chi connectivity index (χ0) is 13.1. The Hall–Kier alpha value is -0.910. The van der Waals surface area contributed by atoms with Crippen LogP contribution in [0.3, 0.4) is 0 Å². The summed E-state index contributed by atoms with van der Waals surface area (Å²) in [6.07, 6.45) is 0.795. The Labute approximate surface area is 121 Å². The van der Waals surface area contributed by atoms with Crippen molar-refractivity contribution >= 4 is 29.9 Å². The first kappa shape index (κ1) is 16.1. The van der Waals surface area contributed by atoms with Gasteiger partial charge in [0.1, 0.15) is 11.6 Å². The van der Waals surface area contributed by atoms with E-state index < -0.39 is 17.5 Å². The number of carbonyl (C=O) groups is 1. The van der Waals surface area contributed by atoms with Gasteiger partial charge in [0.2, 0.25) is 0 Å². The van der Waals surface area contributed by atoms with E-state index in [0.717, 1.165) is 25.1 Å². The Morgan fingerprint density at radius 2 is 1.95 bits per heavy atom. The summed E-state index contributed by atoms with van der Waals surface area (Å²) in [4.78, 5) is 13.6. The molecule has 0 radical (unpaired) electrons. The second-order valence-corrected chi connectivity index (χ2v) is 4.55. The van der Waals surface area contributed by atoms with Crippen molar-refractivity contribution in [2.75, 3.05) is 26.2 Å². The molecule has 1 N–H and O–H groups in total. The van der Waals surface area contributed by atoms with Crippen molar-refractivity contribution in [3.05, 3.63) is 34.4 Å². The molecule has 1 fully saturated rings. The van der Waals surface area contributed by atoms with E-state index in [9.17, 15) is 13.6 Å². The lowest BCUT2D eigenvalue weighted by atomic mass is 10.1. The lowest BCUT2D eigenvalue weighted by molar-refractivity contribution is 0.0761. The van der Waals surface area contributed by atoms with E-state index >= 15 is 0 Å². The first-order chi connectivity index (χ1) is 8.59. The van der Waals surface area contributed by atoms with Gasteiger partial charge in [-0.2, -0.15) is 0 Å². The highest BCUT2D eigenvalue weighted by atomic mass is 35.5. The molecule has 1 aromatic carbocycles. The smallest absolute Gasteiger partial charge is 0.256 e. The van der Waals surface area contributed by atoms with Gasteiger partial charge in [-0.25, -0.2) is 8.78 Å². The summed E-state index contributed by atoms with van der Waals surface area (Å²) >= 11 is 5.45. The number of halogens is 4. The van der Waals surface area contributed by atoms with Gasteiger partial charge >= 0.3 is 0 Å². The van der Waals surface area contributed by atoms with Crippen molar-refractivity contribution in [3.63, 3.8) is 0 Å². The normalized spacial score (nSPS) is 15.6. The molecule has 0 aromatic heterocycles. The highest BCUT2D eigenvalue weighted by Crippen LogP contribution is 2.20. The van der Waals surface area contributed by atoms with Gasteiger partial charge in [0.15, 0.2) is 0 Å². The van der Waals surface area contributed by atoms with Gasteiger partial charge in [-0.1, -0.05) is 11.6 Å². The van der Waals surface area contributed by atoms with Crippen LogP contribution in [0.15, 0.2) is 12.1 Å². The predicted molar refractivity (Wildman–Crippen MR) is 72.0 cm³/mol. The Morgan fingerprint density at radius 1 is 1.21 bits per heavy atom. The molecule has 1 saturated heterocycles. The third-order valence-corrected chi connectivity index (χ3v) is 3.16. The van der Waals surface area contributed by atoms with E-state index in [0.29, 0.717) is 19.6 Å². The molecule has 1 aliphatic rings. The van der Waals surface area contributed by atoms with Crippen molar-refractivity contribution in [1.29, 1.82) is 0 Å². The van der Waals surface area contributed by atoms with Crippen LogP contribution in [0.2, 0.25) is 5.02 Å². The summed E-state index contributed by atoms with van der Waals surface area (Å²) in [7, 11) is 0. The molecule has 0 saturated carbocycles. The van der Waals surface area contributed by atoms with E-state index in [1.807, 2.05) is 0 Å². The molecule has 1 aromatic rings. The number of benzene rings is 1. The van der Waals surface area contributed by atoms with Crippen molar-refractivity contribution in [3.8, 4) is 0 Å². The van der Waals surface area contributed by atoms with Crippen LogP contribution in [0.1, 0.15) is 16.8 Å². The summed E-state index contributed by atoms with van der Waals surface area (Å²) in [5, 5.41) is 2.82. The third kappa shape index (κ3) is 3.78. The lowest BCUT2D eigenvalue weighted by Crippen LogP contribution is -2.34. The summed E-state index contributed by atoms with van der Waals surface area (Å²) in [5.41, 5.74) is -0.265. The quantitative estimate of drug-likeness (QED) is 0.808. The minimum atomic E-state index is -0.788. The minimum Gasteiger partial charge on any atom is -0.337 e. The molecule has 3 nitrogen and oxygen atoms in total. The van der Waals surface area contributed by atoms with Gasteiger partial charge in [-0.05, 0) is 25.1 Å². The molecule has 1 aliphatic heterocycles. The van der Waals surface area contributed by atoms with Crippen LogP contribution in [-0.2, 0) is 0 Å². The molecular formula is C12H14Cl2F2N2O. The first-order valence-electron chi connectivity index (χ1n) is 5.74. The topological polar surface area (TPSA) is 32.3 Å². The molecular weight excluding hydrogens is 297 g/mol. The number of nitrogens with zero attached hydrogens (tertiary/aromatic N) is 1. The highest BCUT2D eigenvalue weighted by Gasteiger charge is 2.21. The van der Waals surface area contributed by atoms with Crippen LogP contribution >= 0.6 is 24.0 Å². The zero-order valence-corrected chi connectivity index (χ0v) is 11.7. The number of amides is 1. The van der Waals surface area contributed by atoms with Gasteiger partial charge < -0.3 is 10.2 Å². The average molecular weight is 311 g/mol. The van der Waals surface area contributed by atoms with E-state index in [-0.39, 0.29) is 23.0 Å². The van der Waals surface area contributed by atoms with E-state index in [4.69, 9.17) is 11.6 Å². The number of carbonyl (C=O) groups excluding carboxylic acids is 1. The van der Waals surface area contributed by atoms with E-state index in [1.54, 1.807) is 0 Å². The molecule has 1 heterocycles. The standard InChI is InChI=1S/C12H13ClF2N2O.ClH/c13-9-7-10(14)8(6-11(9)15)12(18)17-4-1-2-16-3-5-17;/h6-7,16H,1-5H2;1H. The highest BCUT2D eigenvalue weighted by molar-refractivity contribution is 6.30. The first-order valence-corrected chi connectivity index (χ1v) is 6.12. The number of hydrogen-bond acceptors (Lipinski definition) is 2. The van der Waals surface area contributed by atoms with Crippen LogP contribution in [-0.4, -0.2) is 37.0 Å². The Morgan fingerprint density at radius 3 is 2.68 bits per heavy atom. The van der Waals surface area contributed by atoms with Gasteiger partial charge in [0.25, 0.3) is 5.91 Å². The van der Waals surface area contributed by atoms with Gasteiger partial charge in [-0.15, -0.1) is 12.4 Å². The molecule has 0 atom stereocenters. The molecule has 2 rings (SSSR count). The van der Waals surface area contributed by atoms with Gasteiger partial charge in [0.05, 0.1) is 10.6 Å². The maximum atomic E-state index is 13.6. The van der Waals surface area contributed by atoms with Crippen LogP contribution in [0.25, 0.3) is 0 Å². The summed E-state index contributed by atoms with van der Waals surface area (Å²) in [6, 6.07) is 1.69. The number of hydrogen-bond donors (Lipinski definition) is 1. The largest absolute Gasteiger partial charge is 0.337 e. The van der Waals surface area contributed by atoms with Crippen LogP contribution in [0.5, 0.6) is 0 Å². The van der Waals surface area contributed by atoms with Gasteiger partial charge in [0, 0.05) is 19.6 Å². The SMILES string of the molecule is Cl.O=C(c1cc(F)c(Cl)cc1F)N1CCCNCC1. The molecule has 0 bridgehead atoms. The van der Waals surface area contributed by atoms with Crippen molar-refractivity contribution < 1.29 is 13.6 Å². The summed E-state index contributed by atoms with van der Waals surface area (Å²) in [5.74, 6) is -2.07. The Balaban J connectivity index is 0.00000180. The van der Waals surface area contributed by atoms with Crippen molar-refractivity contribution in [1.82, 2.24) is 10.2 Å². The van der Waals surface area contributed by atoms with Crippen molar-refractivity contribution in [2.45, 2.75) is 6.42 Å². The molecule has 7 heteroatoms. The monoisotopic (exact) mass is 310 g/mol. The number of rotatable bonds is 1. The minimum absolute atomic E-state index is 0.